The van der Waals surface area contributed by atoms with Gasteiger partial charge in [0.1, 0.15) is 0 Å². The number of anilines is 1. The van der Waals surface area contributed by atoms with Crippen molar-refractivity contribution in [2.24, 2.45) is 10.7 Å². The Morgan fingerprint density at radius 1 is 1.19 bits per heavy atom. The number of halogens is 3. The van der Waals surface area contributed by atoms with Crippen molar-refractivity contribution < 1.29 is 0 Å². The molecular formula is C15H12BrCl2N3. The first kappa shape index (κ1) is 14.7. The molecular weight excluding hydrogens is 373 g/mol. The molecule has 0 bridgehead atoms. The molecule has 1 heterocycles. The monoisotopic (exact) mass is 383 g/mol. The fourth-order valence-corrected chi connectivity index (χ4v) is 3.62. The summed E-state index contributed by atoms with van der Waals surface area (Å²) >= 11 is 15.9. The van der Waals surface area contributed by atoms with E-state index in [1.165, 1.54) is 0 Å². The highest BCUT2D eigenvalue weighted by molar-refractivity contribution is 9.10. The molecule has 3 nitrogen and oxygen atoms in total. The van der Waals surface area contributed by atoms with Crippen molar-refractivity contribution in [3.8, 4) is 0 Å². The smallest absolute Gasteiger partial charge is 0.196 e. The molecule has 0 radical (unpaired) electrons. The van der Waals surface area contributed by atoms with Gasteiger partial charge in [-0.25, -0.2) is 0 Å². The van der Waals surface area contributed by atoms with Gasteiger partial charge in [0.15, 0.2) is 5.96 Å². The molecule has 0 fully saturated rings. The zero-order valence-corrected chi connectivity index (χ0v) is 14.0. The Morgan fingerprint density at radius 2 is 1.95 bits per heavy atom. The van der Waals surface area contributed by atoms with Crippen LogP contribution in [0.2, 0.25) is 10.0 Å². The minimum atomic E-state index is -0.00320. The highest BCUT2D eigenvalue weighted by atomic mass is 79.9. The lowest BCUT2D eigenvalue weighted by Crippen LogP contribution is -2.36. The molecule has 2 N–H and O–H groups in total. The average Bonchev–Trinajstić information content (AvgIpc) is 2.81. The fraction of sp³-hybridized carbons (Fsp3) is 0.133. The summed E-state index contributed by atoms with van der Waals surface area (Å²) in [5.74, 6) is 0.468. The lowest BCUT2D eigenvalue weighted by Gasteiger charge is -2.28. The highest BCUT2D eigenvalue weighted by Gasteiger charge is 2.31. The summed E-state index contributed by atoms with van der Waals surface area (Å²) in [4.78, 5) is 6.32. The van der Waals surface area contributed by atoms with Crippen molar-refractivity contribution in [3.05, 3.63) is 62.5 Å². The first-order valence-corrected chi connectivity index (χ1v) is 7.91. The van der Waals surface area contributed by atoms with Gasteiger partial charge in [0.25, 0.3) is 0 Å². The van der Waals surface area contributed by atoms with E-state index in [-0.39, 0.29) is 6.04 Å². The van der Waals surface area contributed by atoms with Crippen LogP contribution < -0.4 is 10.6 Å². The number of para-hydroxylation sites is 1. The van der Waals surface area contributed by atoms with Crippen LogP contribution in [0.3, 0.4) is 0 Å². The average molecular weight is 385 g/mol. The van der Waals surface area contributed by atoms with Crippen LogP contribution in [-0.2, 0) is 0 Å². The molecule has 6 heteroatoms. The molecule has 0 spiro atoms. The van der Waals surface area contributed by atoms with E-state index in [4.69, 9.17) is 28.9 Å². The Kier molecular flexibility index (Phi) is 4.11. The number of hydrogen-bond acceptors (Lipinski definition) is 3. The summed E-state index contributed by atoms with van der Waals surface area (Å²) in [5, 5.41) is 1.33. The second-order valence-corrected chi connectivity index (χ2v) is 6.40. The van der Waals surface area contributed by atoms with Crippen LogP contribution in [0.25, 0.3) is 0 Å². The van der Waals surface area contributed by atoms with Crippen molar-refractivity contribution in [2.45, 2.75) is 6.04 Å². The second-order valence-electron chi connectivity index (χ2n) is 4.70. The molecule has 0 saturated carbocycles. The Balaban J connectivity index is 2.05. The summed E-state index contributed by atoms with van der Waals surface area (Å²) in [5.41, 5.74) is 7.99. The summed E-state index contributed by atoms with van der Waals surface area (Å²) in [6, 6.07) is 13.3. The van der Waals surface area contributed by atoms with E-state index in [2.05, 4.69) is 20.9 Å². The van der Waals surface area contributed by atoms with Crippen molar-refractivity contribution in [2.75, 3.05) is 11.4 Å². The van der Waals surface area contributed by atoms with Crippen molar-refractivity contribution in [1.29, 1.82) is 0 Å². The van der Waals surface area contributed by atoms with Gasteiger partial charge in [0.05, 0.1) is 23.3 Å². The minimum Gasteiger partial charge on any atom is -0.369 e. The number of guanidine groups is 1. The van der Waals surface area contributed by atoms with E-state index in [1.807, 2.05) is 47.4 Å². The molecule has 0 aromatic heterocycles. The SMILES string of the molecule is NC1=NCC(c2ccc(Cl)cc2Br)N1c1ccccc1Cl. The lowest BCUT2D eigenvalue weighted by atomic mass is 10.1. The van der Waals surface area contributed by atoms with E-state index >= 15 is 0 Å². The van der Waals surface area contributed by atoms with Crippen LogP contribution in [0.5, 0.6) is 0 Å². The number of nitrogens with two attached hydrogens (primary N) is 1. The zero-order valence-electron chi connectivity index (χ0n) is 10.9. The molecule has 2 aromatic carbocycles. The van der Waals surface area contributed by atoms with Gasteiger partial charge < -0.3 is 10.6 Å². The molecule has 2 aromatic rings. The molecule has 1 atom stereocenters. The van der Waals surface area contributed by atoms with Crippen LogP contribution in [0.4, 0.5) is 5.69 Å². The molecule has 1 aliphatic heterocycles. The second kappa shape index (κ2) is 5.87. The largest absolute Gasteiger partial charge is 0.369 e. The third kappa shape index (κ3) is 2.76. The van der Waals surface area contributed by atoms with Crippen molar-refractivity contribution >= 4 is 50.8 Å². The first-order chi connectivity index (χ1) is 10.1. The minimum absolute atomic E-state index is 0.00320. The van der Waals surface area contributed by atoms with Crippen LogP contribution in [0.1, 0.15) is 11.6 Å². The predicted molar refractivity (Wildman–Crippen MR) is 92.3 cm³/mol. The van der Waals surface area contributed by atoms with Gasteiger partial charge in [-0.2, -0.15) is 0 Å². The number of hydrogen-bond donors (Lipinski definition) is 1. The lowest BCUT2D eigenvalue weighted by molar-refractivity contribution is 0.765. The normalized spacial score (nSPS) is 18.0. The molecule has 0 amide bonds. The Hall–Kier alpha value is -1.23. The van der Waals surface area contributed by atoms with Gasteiger partial charge in [-0.3, -0.25) is 4.99 Å². The van der Waals surface area contributed by atoms with E-state index in [1.54, 1.807) is 0 Å². The summed E-state index contributed by atoms with van der Waals surface area (Å²) in [7, 11) is 0. The number of aliphatic imine (C=N–C) groups is 1. The van der Waals surface area contributed by atoms with Gasteiger partial charge >= 0.3 is 0 Å². The van der Waals surface area contributed by atoms with Crippen LogP contribution >= 0.6 is 39.1 Å². The molecule has 1 aliphatic rings. The molecule has 0 aliphatic carbocycles. The third-order valence-corrected chi connectivity index (χ3v) is 4.66. The zero-order chi connectivity index (χ0) is 15.0. The standard InChI is InChI=1S/C15H12BrCl2N3/c16-11-7-9(17)5-6-10(11)14-8-20-15(19)21(14)13-4-2-1-3-12(13)18/h1-7,14H,8H2,(H2,19,20). The van der Waals surface area contributed by atoms with E-state index < -0.39 is 0 Å². The topological polar surface area (TPSA) is 41.6 Å². The third-order valence-electron chi connectivity index (χ3n) is 3.42. The van der Waals surface area contributed by atoms with E-state index in [0.717, 1.165) is 15.7 Å². The van der Waals surface area contributed by atoms with Crippen molar-refractivity contribution in [3.63, 3.8) is 0 Å². The summed E-state index contributed by atoms with van der Waals surface area (Å²) in [6.45, 7) is 0.581. The van der Waals surface area contributed by atoms with Gasteiger partial charge in [0, 0.05) is 9.50 Å². The van der Waals surface area contributed by atoms with E-state index in [0.29, 0.717) is 22.5 Å². The quantitative estimate of drug-likeness (QED) is 0.819. The van der Waals surface area contributed by atoms with E-state index in [9.17, 15) is 0 Å². The summed E-state index contributed by atoms with van der Waals surface area (Å²) in [6.07, 6.45) is 0. The maximum atomic E-state index is 6.30. The Bertz CT molecular complexity index is 718. The number of benzene rings is 2. The van der Waals surface area contributed by atoms with Crippen LogP contribution in [0.15, 0.2) is 51.9 Å². The maximum Gasteiger partial charge on any atom is 0.196 e. The maximum absolute atomic E-state index is 6.30. The number of rotatable bonds is 2. The molecule has 0 saturated heterocycles. The van der Waals surface area contributed by atoms with Crippen LogP contribution in [0, 0.1) is 0 Å². The van der Waals surface area contributed by atoms with Gasteiger partial charge in [-0.1, -0.05) is 57.3 Å². The molecule has 21 heavy (non-hydrogen) atoms. The molecule has 108 valence electrons. The first-order valence-electron chi connectivity index (χ1n) is 6.36. The van der Waals surface area contributed by atoms with Crippen LogP contribution in [-0.4, -0.2) is 12.5 Å². The summed E-state index contributed by atoms with van der Waals surface area (Å²) < 4.78 is 0.932. The predicted octanol–water partition coefficient (Wildman–Crippen LogP) is 4.63. The van der Waals surface area contributed by atoms with Gasteiger partial charge in [-0.15, -0.1) is 0 Å². The fourth-order valence-electron chi connectivity index (χ4n) is 2.45. The Labute approximate surface area is 141 Å². The van der Waals surface area contributed by atoms with Gasteiger partial charge in [-0.05, 0) is 29.8 Å². The Morgan fingerprint density at radius 3 is 2.67 bits per heavy atom. The highest BCUT2D eigenvalue weighted by Crippen LogP contribution is 2.38. The van der Waals surface area contributed by atoms with Gasteiger partial charge in [0.2, 0.25) is 0 Å². The van der Waals surface area contributed by atoms with Crippen molar-refractivity contribution in [1.82, 2.24) is 0 Å². The number of nitrogens with zero attached hydrogens (tertiary/aromatic N) is 2. The molecule has 1 unspecified atom stereocenters. The molecule has 3 rings (SSSR count).